The standard InChI is InChI=1S/C14H28N2S/c1-4-5-10-15-14(17)16(11-12(2)3)13-8-6-7-9-13/h12-13H,4-11H2,1-3H3,(H,15,17). The zero-order valence-corrected chi connectivity index (χ0v) is 12.5. The first-order valence-corrected chi connectivity index (χ1v) is 7.60. The number of rotatable bonds is 6. The predicted molar refractivity (Wildman–Crippen MR) is 79.3 cm³/mol. The average molecular weight is 256 g/mol. The van der Waals surface area contributed by atoms with Crippen LogP contribution in [0.15, 0.2) is 0 Å². The summed E-state index contributed by atoms with van der Waals surface area (Å²) in [4.78, 5) is 2.45. The van der Waals surface area contributed by atoms with Gasteiger partial charge in [-0.3, -0.25) is 0 Å². The van der Waals surface area contributed by atoms with Crippen LogP contribution in [0.25, 0.3) is 0 Å². The van der Waals surface area contributed by atoms with Crippen LogP contribution in [0.5, 0.6) is 0 Å². The molecule has 0 aliphatic heterocycles. The summed E-state index contributed by atoms with van der Waals surface area (Å²) in [6, 6.07) is 0.694. The number of thiocarbonyl (C=S) groups is 1. The van der Waals surface area contributed by atoms with Crippen molar-refractivity contribution in [2.75, 3.05) is 13.1 Å². The van der Waals surface area contributed by atoms with Crippen LogP contribution in [0.4, 0.5) is 0 Å². The second-order valence-corrected chi connectivity index (χ2v) is 5.96. The van der Waals surface area contributed by atoms with E-state index in [1.807, 2.05) is 0 Å². The van der Waals surface area contributed by atoms with E-state index in [0.29, 0.717) is 12.0 Å². The summed E-state index contributed by atoms with van der Waals surface area (Å²) >= 11 is 5.56. The van der Waals surface area contributed by atoms with E-state index in [9.17, 15) is 0 Å². The minimum absolute atomic E-state index is 0.682. The first kappa shape index (κ1) is 14.7. The van der Waals surface area contributed by atoms with Crippen molar-refractivity contribution in [1.29, 1.82) is 0 Å². The van der Waals surface area contributed by atoms with Crippen LogP contribution in [0, 0.1) is 5.92 Å². The lowest BCUT2D eigenvalue weighted by atomic mass is 10.1. The number of hydrogen-bond donors (Lipinski definition) is 1. The molecule has 0 amide bonds. The van der Waals surface area contributed by atoms with E-state index < -0.39 is 0 Å². The molecular formula is C14H28N2S. The van der Waals surface area contributed by atoms with Crippen molar-refractivity contribution in [2.24, 2.45) is 5.92 Å². The Hall–Kier alpha value is -0.310. The molecule has 0 radical (unpaired) electrons. The van der Waals surface area contributed by atoms with Crippen LogP contribution in [0.3, 0.4) is 0 Å². The maximum atomic E-state index is 5.56. The lowest BCUT2D eigenvalue weighted by molar-refractivity contribution is 0.279. The second-order valence-electron chi connectivity index (χ2n) is 5.57. The molecule has 1 saturated carbocycles. The molecule has 100 valence electrons. The summed E-state index contributed by atoms with van der Waals surface area (Å²) in [6.07, 6.45) is 7.82. The van der Waals surface area contributed by atoms with Gasteiger partial charge in [0, 0.05) is 19.1 Å². The van der Waals surface area contributed by atoms with Crippen molar-refractivity contribution in [2.45, 2.75) is 65.3 Å². The van der Waals surface area contributed by atoms with Gasteiger partial charge in [0.25, 0.3) is 0 Å². The molecular weight excluding hydrogens is 228 g/mol. The molecule has 1 fully saturated rings. The van der Waals surface area contributed by atoms with E-state index in [4.69, 9.17) is 12.2 Å². The maximum absolute atomic E-state index is 5.56. The summed E-state index contributed by atoms with van der Waals surface area (Å²) in [5.41, 5.74) is 0. The van der Waals surface area contributed by atoms with E-state index in [1.165, 1.54) is 38.5 Å². The van der Waals surface area contributed by atoms with E-state index in [2.05, 4.69) is 31.0 Å². The number of unbranched alkanes of at least 4 members (excludes halogenated alkanes) is 1. The lowest BCUT2D eigenvalue weighted by Gasteiger charge is -2.33. The highest BCUT2D eigenvalue weighted by atomic mass is 32.1. The maximum Gasteiger partial charge on any atom is 0.169 e. The average Bonchev–Trinajstić information content (AvgIpc) is 2.79. The molecule has 3 heteroatoms. The quantitative estimate of drug-likeness (QED) is 0.578. The molecule has 1 N–H and O–H groups in total. The third kappa shape index (κ3) is 5.24. The van der Waals surface area contributed by atoms with Gasteiger partial charge in [-0.2, -0.15) is 0 Å². The second kappa shape index (κ2) is 7.91. The third-order valence-corrected chi connectivity index (χ3v) is 3.77. The fraction of sp³-hybridized carbons (Fsp3) is 0.929. The molecule has 0 aromatic carbocycles. The summed E-state index contributed by atoms with van der Waals surface area (Å²) in [5.74, 6) is 0.682. The Kier molecular flexibility index (Phi) is 6.86. The topological polar surface area (TPSA) is 15.3 Å². The van der Waals surface area contributed by atoms with Crippen LogP contribution in [0.2, 0.25) is 0 Å². The summed E-state index contributed by atoms with van der Waals surface area (Å²) < 4.78 is 0. The molecule has 2 nitrogen and oxygen atoms in total. The molecule has 1 aliphatic carbocycles. The van der Waals surface area contributed by atoms with Crippen LogP contribution in [0.1, 0.15) is 59.3 Å². The summed E-state index contributed by atoms with van der Waals surface area (Å²) in [5, 5.41) is 4.41. The van der Waals surface area contributed by atoms with Crippen molar-refractivity contribution in [3.8, 4) is 0 Å². The summed E-state index contributed by atoms with van der Waals surface area (Å²) in [6.45, 7) is 8.89. The Balaban J connectivity index is 2.45. The molecule has 0 unspecified atom stereocenters. The van der Waals surface area contributed by atoms with Crippen molar-refractivity contribution in [3.05, 3.63) is 0 Å². The van der Waals surface area contributed by atoms with Crippen LogP contribution in [-0.4, -0.2) is 29.1 Å². The molecule has 0 heterocycles. The molecule has 1 aliphatic rings. The minimum atomic E-state index is 0.682. The first-order valence-electron chi connectivity index (χ1n) is 7.19. The third-order valence-electron chi connectivity index (χ3n) is 3.39. The van der Waals surface area contributed by atoms with E-state index in [0.717, 1.165) is 18.2 Å². The van der Waals surface area contributed by atoms with Gasteiger partial charge in [0.05, 0.1) is 0 Å². The normalized spacial score (nSPS) is 16.5. The monoisotopic (exact) mass is 256 g/mol. The molecule has 0 atom stereocenters. The van der Waals surface area contributed by atoms with E-state index in [1.54, 1.807) is 0 Å². The van der Waals surface area contributed by atoms with Crippen molar-refractivity contribution >= 4 is 17.3 Å². The molecule has 0 bridgehead atoms. The van der Waals surface area contributed by atoms with Crippen molar-refractivity contribution < 1.29 is 0 Å². The van der Waals surface area contributed by atoms with Crippen molar-refractivity contribution in [3.63, 3.8) is 0 Å². The number of nitrogens with zero attached hydrogens (tertiary/aromatic N) is 1. The summed E-state index contributed by atoms with van der Waals surface area (Å²) in [7, 11) is 0. The van der Waals surface area contributed by atoms with Crippen molar-refractivity contribution in [1.82, 2.24) is 10.2 Å². The highest BCUT2D eigenvalue weighted by molar-refractivity contribution is 7.80. The van der Waals surface area contributed by atoms with Crippen LogP contribution in [-0.2, 0) is 0 Å². The van der Waals surface area contributed by atoms with Crippen LogP contribution < -0.4 is 5.32 Å². The molecule has 0 saturated heterocycles. The van der Waals surface area contributed by atoms with E-state index >= 15 is 0 Å². The smallest absolute Gasteiger partial charge is 0.169 e. The van der Waals surface area contributed by atoms with Gasteiger partial charge in [-0.15, -0.1) is 0 Å². The fourth-order valence-corrected chi connectivity index (χ4v) is 2.81. The Morgan fingerprint density at radius 3 is 2.53 bits per heavy atom. The SMILES string of the molecule is CCCCNC(=S)N(CC(C)C)C1CCCC1. The highest BCUT2D eigenvalue weighted by Gasteiger charge is 2.24. The zero-order valence-electron chi connectivity index (χ0n) is 11.7. The molecule has 0 aromatic heterocycles. The predicted octanol–water partition coefficient (Wildman–Crippen LogP) is 3.56. The number of nitrogens with one attached hydrogen (secondary N) is 1. The fourth-order valence-electron chi connectivity index (χ4n) is 2.48. The van der Waals surface area contributed by atoms with Gasteiger partial charge in [0.1, 0.15) is 0 Å². The first-order chi connectivity index (χ1) is 8.15. The van der Waals surface area contributed by atoms with E-state index in [-0.39, 0.29) is 0 Å². The van der Waals surface area contributed by atoms with Gasteiger partial charge < -0.3 is 10.2 Å². The van der Waals surface area contributed by atoms with Gasteiger partial charge in [-0.1, -0.05) is 40.0 Å². The molecule has 0 aromatic rings. The Bertz CT molecular complexity index is 222. The van der Waals surface area contributed by atoms with Gasteiger partial charge in [0.2, 0.25) is 0 Å². The molecule has 0 spiro atoms. The van der Waals surface area contributed by atoms with Gasteiger partial charge in [-0.05, 0) is 37.4 Å². The Labute approximate surface area is 112 Å². The van der Waals surface area contributed by atoms with Gasteiger partial charge >= 0.3 is 0 Å². The Morgan fingerprint density at radius 2 is 2.00 bits per heavy atom. The molecule has 1 rings (SSSR count). The molecule has 17 heavy (non-hydrogen) atoms. The number of hydrogen-bond acceptors (Lipinski definition) is 1. The highest BCUT2D eigenvalue weighted by Crippen LogP contribution is 2.24. The zero-order chi connectivity index (χ0) is 12.7. The van der Waals surface area contributed by atoms with Gasteiger partial charge in [-0.25, -0.2) is 0 Å². The lowest BCUT2D eigenvalue weighted by Crippen LogP contribution is -2.46. The van der Waals surface area contributed by atoms with Crippen LogP contribution >= 0.6 is 12.2 Å². The Morgan fingerprint density at radius 1 is 1.35 bits per heavy atom. The largest absolute Gasteiger partial charge is 0.363 e. The minimum Gasteiger partial charge on any atom is -0.363 e. The van der Waals surface area contributed by atoms with Gasteiger partial charge in [0.15, 0.2) is 5.11 Å².